The van der Waals surface area contributed by atoms with Gasteiger partial charge < -0.3 is 4.90 Å². The van der Waals surface area contributed by atoms with Crippen LogP contribution in [0.2, 0.25) is 10.0 Å². The second kappa shape index (κ2) is 6.89. The molecule has 1 aromatic heterocycles. The van der Waals surface area contributed by atoms with Crippen molar-refractivity contribution in [1.82, 2.24) is 4.98 Å². The molecule has 1 fully saturated rings. The molecule has 115 valence electrons. The molecule has 1 atom stereocenters. The van der Waals surface area contributed by atoms with E-state index >= 15 is 0 Å². The fourth-order valence-corrected chi connectivity index (χ4v) is 3.58. The van der Waals surface area contributed by atoms with Crippen molar-refractivity contribution in [2.45, 2.75) is 18.8 Å². The third-order valence-electron chi connectivity index (χ3n) is 4.46. The van der Waals surface area contributed by atoms with Gasteiger partial charge in [0, 0.05) is 19.3 Å². The highest BCUT2D eigenvalue weighted by molar-refractivity contribution is 6.42. The molecule has 3 rings (SSSR count). The highest BCUT2D eigenvalue weighted by Gasteiger charge is 2.26. The zero-order chi connectivity index (χ0) is 15.5. The van der Waals surface area contributed by atoms with Gasteiger partial charge in [-0.05, 0) is 55.4 Å². The second-order valence-electron chi connectivity index (χ2n) is 5.76. The maximum absolute atomic E-state index is 6.34. The molecule has 1 aromatic carbocycles. The Morgan fingerprint density at radius 3 is 2.55 bits per heavy atom. The number of aromatic nitrogens is 1. The molecule has 0 aliphatic carbocycles. The Morgan fingerprint density at radius 1 is 1.09 bits per heavy atom. The van der Waals surface area contributed by atoms with Gasteiger partial charge in [-0.1, -0.05) is 41.4 Å². The highest BCUT2D eigenvalue weighted by Crippen LogP contribution is 2.38. The lowest BCUT2D eigenvalue weighted by Gasteiger charge is -2.36. The Kier molecular flexibility index (Phi) is 4.90. The van der Waals surface area contributed by atoms with Crippen molar-refractivity contribution in [2.75, 3.05) is 18.0 Å². The fraction of sp³-hybridized carbons (Fsp3) is 0.333. The predicted molar refractivity (Wildman–Crippen MR) is 93.7 cm³/mol. The molecule has 0 spiro atoms. The first-order chi connectivity index (χ1) is 10.7. The molecule has 22 heavy (non-hydrogen) atoms. The van der Waals surface area contributed by atoms with Crippen LogP contribution < -0.4 is 4.90 Å². The van der Waals surface area contributed by atoms with Crippen LogP contribution in [0.15, 0.2) is 42.6 Å². The maximum Gasteiger partial charge on any atom is 0.128 e. The van der Waals surface area contributed by atoms with Gasteiger partial charge in [0.15, 0.2) is 0 Å². The van der Waals surface area contributed by atoms with Gasteiger partial charge in [0.25, 0.3) is 0 Å². The first kappa shape index (κ1) is 15.6. The molecular weight excluding hydrogens is 315 g/mol. The third-order valence-corrected chi connectivity index (χ3v) is 5.30. The number of nitrogens with zero attached hydrogens (tertiary/aromatic N) is 2. The second-order valence-corrected chi connectivity index (χ2v) is 6.55. The number of hydrogen-bond acceptors (Lipinski definition) is 2. The summed E-state index contributed by atoms with van der Waals surface area (Å²) in [6.45, 7) is 6.37. The lowest BCUT2D eigenvalue weighted by atomic mass is 9.81. The standard InChI is InChI=1S/C18H19Cl2N2/c1-13(15-5-4-6-16(19)18(15)20)14-8-11-22(12-9-14)17-7-2-3-10-21-17/h2-7,10,13-14H,1,8-9,11-12H2/t13-/m0/s1. The minimum atomic E-state index is 0.178. The summed E-state index contributed by atoms with van der Waals surface area (Å²) in [5.74, 6) is 1.76. The average molecular weight is 334 g/mol. The van der Waals surface area contributed by atoms with E-state index in [0.717, 1.165) is 37.3 Å². The molecule has 0 amide bonds. The maximum atomic E-state index is 6.34. The summed E-state index contributed by atoms with van der Waals surface area (Å²) < 4.78 is 0. The van der Waals surface area contributed by atoms with Gasteiger partial charge in [0.1, 0.15) is 5.82 Å². The van der Waals surface area contributed by atoms with Gasteiger partial charge in [-0.2, -0.15) is 0 Å². The number of rotatable bonds is 3. The van der Waals surface area contributed by atoms with E-state index in [1.54, 1.807) is 0 Å². The van der Waals surface area contributed by atoms with Crippen molar-refractivity contribution in [3.8, 4) is 0 Å². The molecular formula is C18H19Cl2N2. The van der Waals surface area contributed by atoms with Crippen LogP contribution >= 0.6 is 23.2 Å². The van der Waals surface area contributed by atoms with Crippen molar-refractivity contribution in [2.24, 2.45) is 5.92 Å². The van der Waals surface area contributed by atoms with Crippen LogP contribution in [0.3, 0.4) is 0 Å². The number of pyridine rings is 1. The Labute approximate surface area is 142 Å². The van der Waals surface area contributed by atoms with Crippen LogP contribution in [0.5, 0.6) is 0 Å². The van der Waals surface area contributed by atoms with Crippen LogP contribution in [0.4, 0.5) is 5.82 Å². The SMILES string of the molecule is [CH2][C@H](c1cccc(Cl)c1Cl)C1CCN(c2ccccn2)CC1. The van der Waals surface area contributed by atoms with E-state index in [-0.39, 0.29) is 5.92 Å². The minimum Gasteiger partial charge on any atom is -0.357 e. The summed E-state index contributed by atoms with van der Waals surface area (Å²) in [5, 5.41) is 1.26. The van der Waals surface area contributed by atoms with Crippen molar-refractivity contribution >= 4 is 29.0 Å². The van der Waals surface area contributed by atoms with E-state index in [0.29, 0.717) is 16.0 Å². The Morgan fingerprint density at radius 2 is 1.86 bits per heavy atom. The molecule has 2 nitrogen and oxygen atoms in total. The van der Waals surface area contributed by atoms with Crippen LogP contribution in [-0.4, -0.2) is 18.1 Å². The summed E-state index contributed by atoms with van der Waals surface area (Å²) in [4.78, 5) is 6.76. The van der Waals surface area contributed by atoms with E-state index in [4.69, 9.17) is 23.2 Å². The van der Waals surface area contributed by atoms with Gasteiger partial charge in [0.05, 0.1) is 10.0 Å². The summed E-state index contributed by atoms with van der Waals surface area (Å²) in [5.41, 5.74) is 1.06. The lowest BCUT2D eigenvalue weighted by Crippen LogP contribution is -2.35. The smallest absolute Gasteiger partial charge is 0.128 e. The summed E-state index contributed by atoms with van der Waals surface area (Å²) in [7, 11) is 0. The van der Waals surface area contributed by atoms with E-state index in [1.807, 2.05) is 36.5 Å². The van der Waals surface area contributed by atoms with E-state index in [9.17, 15) is 0 Å². The topological polar surface area (TPSA) is 16.1 Å². The quantitative estimate of drug-likeness (QED) is 0.765. The van der Waals surface area contributed by atoms with E-state index in [1.165, 1.54) is 0 Å². The van der Waals surface area contributed by atoms with Crippen molar-refractivity contribution < 1.29 is 0 Å². The molecule has 0 unspecified atom stereocenters. The zero-order valence-corrected chi connectivity index (χ0v) is 13.9. The lowest BCUT2D eigenvalue weighted by molar-refractivity contribution is 0.371. The van der Waals surface area contributed by atoms with Crippen LogP contribution in [0.25, 0.3) is 0 Å². The van der Waals surface area contributed by atoms with Gasteiger partial charge >= 0.3 is 0 Å². The highest BCUT2D eigenvalue weighted by atomic mass is 35.5. The van der Waals surface area contributed by atoms with Crippen molar-refractivity contribution in [1.29, 1.82) is 0 Å². The molecule has 4 heteroatoms. The van der Waals surface area contributed by atoms with Gasteiger partial charge in [0.2, 0.25) is 0 Å². The first-order valence-corrected chi connectivity index (χ1v) is 8.35. The van der Waals surface area contributed by atoms with Gasteiger partial charge in [-0.15, -0.1) is 0 Å². The predicted octanol–water partition coefficient (Wildman–Crippen LogP) is 5.22. The largest absolute Gasteiger partial charge is 0.357 e. The number of anilines is 1. The summed E-state index contributed by atoms with van der Waals surface area (Å²) in [6, 6.07) is 11.9. The third kappa shape index (κ3) is 3.23. The van der Waals surface area contributed by atoms with Crippen LogP contribution in [0.1, 0.15) is 24.3 Å². The molecule has 0 saturated carbocycles. The van der Waals surface area contributed by atoms with Crippen LogP contribution in [-0.2, 0) is 0 Å². The number of hydrogen-bond donors (Lipinski definition) is 0. The normalized spacial score (nSPS) is 17.5. The number of benzene rings is 1. The molecule has 1 saturated heterocycles. The summed E-state index contributed by atoms with van der Waals surface area (Å²) in [6.07, 6.45) is 4.03. The van der Waals surface area contributed by atoms with Gasteiger partial charge in [-0.25, -0.2) is 4.98 Å². The minimum absolute atomic E-state index is 0.178. The average Bonchev–Trinajstić information content (AvgIpc) is 2.58. The van der Waals surface area contributed by atoms with Gasteiger partial charge in [-0.3, -0.25) is 0 Å². The molecule has 0 bridgehead atoms. The van der Waals surface area contributed by atoms with E-state index < -0.39 is 0 Å². The van der Waals surface area contributed by atoms with Crippen LogP contribution in [0, 0.1) is 12.8 Å². The zero-order valence-electron chi connectivity index (χ0n) is 12.4. The van der Waals surface area contributed by atoms with Crippen molar-refractivity contribution in [3.63, 3.8) is 0 Å². The molecule has 1 radical (unpaired) electrons. The molecule has 2 aromatic rings. The Hall–Kier alpha value is -1.25. The molecule has 0 N–H and O–H groups in total. The Bertz CT molecular complexity index is 622. The molecule has 1 aliphatic heterocycles. The first-order valence-electron chi connectivity index (χ1n) is 7.60. The number of piperidine rings is 1. The molecule has 2 heterocycles. The van der Waals surface area contributed by atoms with E-state index in [2.05, 4.69) is 22.9 Å². The molecule has 1 aliphatic rings. The number of halogens is 2. The summed E-state index contributed by atoms with van der Waals surface area (Å²) >= 11 is 12.5. The van der Waals surface area contributed by atoms with Crippen molar-refractivity contribution in [3.05, 3.63) is 65.1 Å². The monoisotopic (exact) mass is 333 g/mol. The fourth-order valence-electron chi connectivity index (χ4n) is 3.13. The Balaban J connectivity index is 1.67.